The number of hydrogen-bond donors (Lipinski definition) is 0. The first-order valence-corrected chi connectivity index (χ1v) is 3.50. The smallest absolute Gasteiger partial charge is 0.174 e. The van der Waals surface area contributed by atoms with Gasteiger partial charge in [-0.2, -0.15) is 5.26 Å². The van der Waals surface area contributed by atoms with Gasteiger partial charge >= 0.3 is 0 Å². The van der Waals surface area contributed by atoms with Crippen LogP contribution in [-0.2, 0) is 0 Å². The Morgan fingerprint density at radius 1 is 1.25 bits per heavy atom. The molecule has 0 fully saturated rings. The Hall–Kier alpha value is -1.69. The maximum atomic E-state index is 8.23. The van der Waals surface area contributed by atoms with Crippen molar-refractivity contribution in [2.45, 2.75) is 0 Å². The molecule has 0 radical (unpaired) electrons. The lowest BCUT2D eigenvalue weighted by molar-refractivity contribution is 0.366. The molecule has 0 N–H and O–H groups in total. The van der Waals surface area contributed by atoms with Crippen molar-refractivity contribution in [3.63, 3.8) is 0 Å². The minimum atomic E-state index is 0.0757. The minimum Gasteiger partial charge on any atom is -0.497 e. The first kappa shape index (κ1) is 8.41. The molecular weight excluding hydrogens is 154 g/mol. The summed E-state index contributed by atoms with van der Waals surface area (Å²) in [6.07, 6.45) is 0. The Kier molecular flexibility index (Phi) is 2.97. The van der Waals surface area contributed by atoms with Crippen molar-refractivity contribution < 1.29 is 9.47 Å². The summed E-state index contributed by atoms with van der Waals surface area (Å²) < 4.78 is 9.99. The number of rotatable bonds is 3. The summed E-state index contributed by atoms with van der Waals surface area (Å²) in [5, 5.41) is 8.23. The fraction of sp³-hybridized carbons (Fsp3) is 0.222. The molecule has 12 heavy (non-hydrogen) atoms. The van der Waals surface area contributed by atoms with Gasteiger partial charge in [-0.1, -0.05) is 0 Å². The maximum Gasteiger partial charge on any atom is 0.174 e. The van der Waals surface area contributed by atoms with Crippen molar-refractivity contribution in [1.82, 2.24) is 0 Å². The summed E-state index contributed by atoms with van der Waals surface area (Å²) in [5.41, 5.74) is 0. The van der Waals surface area contributed by atoms with Crippen LogP contribution in [0.15, 0.2) is 24.3 Å². The molecule has 0 saturated heterocycles. The highest BCUT2D eigenvalue weighted by Crippen LogP contribution is 2.16. The molecule has 0 aliphatic heterocycles. The molecule has 0 saturated carbocycles. The molecule has 0 aliphatic carbocycles. The summed E-state index contributed by atoms with van der Waals surface area (Å²) in [4.78, 5) is 0. The van der Waals surface area contributed by atoms with Gasteiger partial charge in [-0.3, -0.25) is 0 Å². The van der Waals surface area contributed by atoms with Crippen molar-refractivity contribution >= 4 is 0 Å². The zero-order chi connectivity index (χ0) is 8.81. The van der Waals surface area contributed by atoms with Gasteiger partial charge in [-0.15, -0.1) is 0 Å². The van der Waals surface area contributed by atoms with Gasteiger partial charge in [0.2, 0.25) is 0 Å². The summed E-state index contributed by atoms with van der Waals surface area (Å²) in [5.74, 6) is 1.46. The van der Waals surface area contributed by atoms with E-state index in [1.165, 1.54) is 0 Å². The quantitative estimate of drug-likeness (QED) is 0.679. The van der Waals surface area contributed by atoms with Gasteiger partial charge in [0, 0.05) is 0 Å². The van der Waals surface area contributed by atoms with Gasteiger partial charge in [0.05, 0.1) is 7.11 Å². The van der Waals surface area contributed by atoms with E-state index in [-0.39, 0.29) is 6.61 Å². The molecule has 1 rings (SSSR count). The van der Waals surface area contributed by atoms with E-state index in [4.69, 9.17) is 14.7 Å². The van der Waals surface area contributed by atoms with Crippen molar-refractivity contribution in [2.24, 2.45) is 0 Å². The van der Waals surface area contributed by atoms with Gasteiger partial charge < -0.3 is 9.47 Å². The third-order valence-electron chi connectivity index (χ3n) is 1.36. The third-order valence-corrected chi connectivity index (χ3v) is 1.36. The molecule has 0 aliphatic rings. The molecular formula is C9H9NO2. The summed E-state index contributed by atoms with van der Waals surface area (Å²) in [6.45, 7) is 0.0757. The fourth-order valence-electron chi connectivity index (χ4n) is 0.788. The van der Waals surface area contributed by atoms with Crippen molar-refractivity contribution in [3.8, 4) is 17.6 Å². The van der Waals surface area contributed by atoms with Gasteiger partial charge in [-0.25, -0.2) is 0 Å². The van der Waals surface area contributed by atoms with Gasteiger partial charge in [0.1, 0.15) is 17.6 Å². The topological polar surface area (TPSA) is 42.2 Å². The van der Waals surface area contributed by atoms with Gasteiger partial charge in [-0.05, 0) is 24.3 Å². The molecule has 3 heteroatoms. The Bertz CT molecular complexity index is 274. The highest BCUT2D eigenvalue weighted by Gasteiger charge is 1.92. The number of nitriles is 1. The van der Waals surface area contributed by atoms with E-state index >= 15 is 0 Å². The largest absolute Gasteiger partial charge is 0.497 e. The second kappa shape index (κ2) is 4.24. The zero-order valence-corrected chi connectivity index (χ0v) is 6.78. The predicted molar refractivity (Wildman–Crippen MR) is 44.1 cm³/mol. The molecule has 3 nitrogen and oxygen atoms in total. The van der Waals surface area contributed by atoms with Crippen LogP contribution in [0.3, 0.4) is 0 Å². The van der Waals surface area contributed by atoms with E-state index in [1.807, 2.05) is 6.07 Å². The van der Waals surface area contributed by atoms with E-state index in [9.17, 15) is 0 Å². The van der Waals surface area contributed by atoms with Crippen LogP contribution in [0.25, 0.3) is 0 Å². The molecule has 62 valence electrons. The lowest BCUT2D eigenvalue weighted by Crippen LogP contribution is -1.92. The lowest BCUT2D eigenvalue weighted by atomic mass is 10.3. The molecule has 0 atom stereocenters. The van der Waals surface area contributed by atoms with E-state index in [2.05, 4.69) is 0 Å². The van der Waals surface area contributed by atoms with E-state index in [0.29, 0.717) is 5.75 Å². The first-order chi connectivity index (χ1) is 5.86. The zero-order valence-electron chi connectivity index (χ0n) is 6.78. The van der Waals surface area contributed by atoms with Crippen LogP contribution >= 0.6 is 0 Å². The van der Waals surface area contributed by atoms with E-state index in [0.717, 1.165) is 5.75 Å². The van der Waals surface area contributed by atoms with Gasteiger partial charge in [0.25, 0.3) is 0 Å². The van der Waals surface area contributed by atoms with Crippen molar-refractivity contribution in [2.75, 3.05) is 13.7 Å². The second-order valence-corrected chi connectivity index (χ2v) is 2.12. The Labute approximate surface area is 71.1 Å². The third kappa shape index (κ3) is 2.17. The van der Waals surface area contributed by atoms with Crippen LogP contribution < -0.4 is 9.47 Å². The lowest BCUT2D eigenvalue weighted by Gasteiger charge is -2.02. The molecule has 1 aromatic rings. The summed E-state index contributed by atoms with van der Waals surface area (Å²) in [7, 11) is 1.60. The average Bonchev–Trinajstić information content (AvgIpc) is 2.15. The second-order valence-electron chi connectivity index (χ2n) is 2.12. The van der Waals surface area contributed by atoms with Crippen LogP contribution in [0.1, 0.15) is 0 Å². The fourth-order valence-corrected chi connectivity index (χ4v) is 0.788. The Balaban J connectivity index is 2.60. The van der Waals surface area contributed by atoms with Crippen molar-refractivity contribution in [3.05, 3.63) is 24.3 Å². The monoisotopic (exact) mass is 163 g/mol. The molecule has 0 heterocycles. The summed E-state index contributed by atoms with van der Waals surface area (Å²) in [6, 6.07) is 8.98. The molecule has 0 unspecified atom stereocenters. The van der Waals surface area contributed by atoms with Crippen LogP contribution in [0.4, 0.5) is 0 Å². The maximum absolute atomic E-state index is 8.23. The number of ether oxygens (including phenoxy) is 2. The Morgan fingerprint density at radius 3 is 2.33 bits per heavy atom. The van der Waals surface area contributed by atoms with Crippen LogP contribution in [0.2, 0.25) is 0 Å². The van der Waals surface area contributed by atoms with Gasteiger partial charge in [0.15, 0.2) is 6.61 Å². The molecule has 0 spiro atoms. The first-order valence-electron chi connectivity index (χ1n) is 3.50. The highest BCUT2D eigenvalue weighted by atomic mass is 16.5. The SMILES string of the molecule is COc1ccc(OCC#N)cc1. The van der Waals surface area contributed by atoms with Crippen LogP contribution in [0, 0.1) is 11.3 Å². The van der Waals surface area contributed by atoms with E-state index < -0.39 is 0 Å². The number of methoxy groups -OCH3 is 1. The molecule has 0 bridgehead atoms. The van der Waals surface area contributed by atoms with Crippen molar-refractivity contribution in [1.29, 1.82) is 5.26 Å². The molecule has 0 amide bonds. The number of nitrogens with zero attached hydrogens (tertiary/aromatic N) is 1. The number of hydrogen-bond acceptors (Lipinski definition) is 3. The van der Waals surface area contributed by atoms with Crippen LogP contribution in [0.5, 0.6) is 11.5 Å². The highest BCUT2D eigenvalue weighted by molar-refractivity contribution is 5.31. The number of benzene rings is 1. The average molecular weight is 163 g/mol. The van der Waals surface area contributed by atoms with Crippen LogP contribution in [-0.4, -0.2) is 13.7 Å². The summed E-state index contributed by atoms with van der Waals surface area (Å²) >= 11 is 0. The Morgan fingerprint density at radius 2 is 1.83 bits per heavy atom. The molecule has 0 aromatic heterocycles. The predicted octanol–water partition coefficient (Wildman–Crippen LogP) is 1.60. The minimum absolute atomic E-state index is 0.0757. The van der Waals surface area contributed by atoms with E-state index in [1.54, 1.807) is 31.4 Å². The standard InChI is InChI=1S/C9H9NO2/c1-11-8-2-4-9(5-3-8)12-7-6-10/h2-5H,7H2,1H3. The molecule has 1 aromatic carbocycles. The normalized spacial score (nSPS) is 8.67.